The molecule has 1 rings (SSSR count). The topological polar surface area (TPSA) is 0 Å². The van der Waals surface area contributed by atoms with E-state index in [9.17, 15) is 0 Å². The van der Waals surface area contributed by atoms with E-state index in [0.717, 1.165) is 11.3 Å². The lowest BCUT2D eigenvalue weighted by Crippen LogP contribution is -1.84. The highest BCUT2D eigenvalue weighted by atomic mass is 32.1. The second kappa shape index (κ2) is 1.81. The van der Waals surface area contributed by atoms with Crippen LogP contribution in [0.15, 0.2) is 0 Å². The highest BCUT2D eigenvalue weighted by Gasteiger charge is 1.94. The van der Waals surface area contributed by atoms with Crippen molar-refractivity contribution in [3.63, 3.8) is 0 Å². The summed E-state index contributed by atoms with van der Waals surface area (Å²) >= 11 is 4.86. The summed E-state index contributed by atoms with van der Waals surface area (Å²) in [6.45, 7) is 0. The van der Waals surface area contributed by atoms with Gasteiger partial charge < -0.3 is 0 Å². The van der Waals surface area contributed by atoms with E-state index >= 15 is 0 Å². The maximum Gasteiger partial charge on any atom is 0.0201 e. The summed E-state index contributed by atoms with van der Waals surface area (Å²) < 4.78 is 0. The Kier molecular flexibility index (Phi) is 1.33. The van der Waals surface area contributed by atoms with Gasteiger partial charge in [0, 0.05) is 4.86 Å². The smallest absolute Gasteiger partial charge is 0.0201 e. The van der Waals surface area contributed by atoms with Crippen LogP contribution in [0.25, 0.3) is 0 Å². The van der Waals surface area contributed by atoms with Crippen molar-refractivity contribution in [2.45, 2.75) is 6.42 Å². The van der Waals surface area contributed by atoms with E-state index in [1.165, 1.54) is 14.4 Å². The molecule has 0 radical (unpaired) electrons. The molecule has 0 aromatic heterocycles. The fourth-order valence-electron chi connectivity index (χ4n) is 0.406. The summed E-state index contributed by atoms with van der Waals surface area (Å²) in [6.07, 6.45) is 2.41. The molecule has 0 unspecified atom stereocenters. The molecule has 0 spiro atoms. The third-order valence-corrected chi connectivity index (χ3v) is 2.20. The van der Waals surface area contributed by atoms with Crippen LogP contribution < -0.4 is 0 Å². The molecular formula is C4H5PS. The van der Waals surface area contributed by atoms with Gasteiger partial charge in [-0.1, -0.05) is 12.2 Å². The zero-order valence-electron chi connectivity index (χ0n) is 3.35. The van der Waals surface area contributed by atoms with Crippen molar-refractivity contribution < 1.29 is 0 Å². The van der Waals surface area contributed by atoms with Gasteiger partial charge in [-0.3, -0.25) is 0 Å². The largest absolute Gasteiger partial charge is 0.103 e. The third kappa shape index (κ3) is 0.859. The molecule has 0 aromatic carbocycles. The van der Waals surface area contributed by atoms with Crippen LogP contribution in [0.3, 0.4) is 0 Å². The first-order valence-electron chi connectivity index (χ1n) is 1.92. The van der Waals surface area contributed by atoms with Crippen molar-refractivity contribution in [3.05, 3.63) is 0 Å². The van der Waals surface area contributed by atoms with Crippen molar-refractivity contribution in [2.24, 2.45) is 0 Å². The van der Waals surface area contributed by atoms with Crippen LogP contribution in [-0.2, 0) is 0 Å². The van der Waals surface area contributed by atoms with Gasteiger partial charge in [0.05, 0.1) is 0 Å². The first-order valence-corrected chi connectivity index (χ1v) is 3.48. The average molecular weight is 116 g/mol. The van der Waals surface area contributed by atoms with E-state index in [4.69, 9.17) is 12.2 Å². The maximum absolute atomic E-state index is 4.86. The summed E-state index contributed by atoms with van der Waals surface area (Å²) in [5.41, 5.74) is 0. The first-order chi connectivity index (χ1) is 2.89. The molecule has 2 heteroatoms. The Bertz CT molecular complexity index is 95.7. The van der Waals surface area contributed by atoms with E-state index in [2.05, 4.69) is 5.80 Å². The van der Waals surface area contributed by atoms with Crippen molar-refractivity contribution in [3.8, 4) is 0 Å². The van der Waals surface area contributed by atoms with Crippen LogP contribution in [-0.4, -0.2) is 16.8 Å². The van der Waals surface area contributed by atoms with Gasteiger partial charge in [0.2, 0.25) is 0 Å². The molecule has 0 bridgehead atoms. The summed E-state index contributed by atoms with van der Waals surface area (Å²) in [7, 11) is 1.42. The number of hydrogen-bond donors (Lipinski definition) is 0. The van der Waals surface area contributed by atoms with Gasteiger partial charge in [-0.05, 0) is 18.4 Å². The fraction of sp³-hybridized carbons (Fsp3) is 0.500. The van der Waals surface area contributed by atoms with Gasteiger partial charge >= 0.3 is 0 Å². The number of rotatable bonds is 0. The molecule has 0 fully saturated rings. The van der Waals surface area contributed by atoms with E-state index in [1.54, 1.807) is 0 Å². The highest BCUT2D eigenvalue weighted by molar-refractivity contribution is 7.83. The standard InChI is InChI=1S/C4H5PS/c6-4-1-2-5-3-4/h3H,1-2H2. The van der Waals surface area contributed by atoms with Gasteiger partial charge in [0.1, 0.15) is 0 Å². The van der Waals surface area contributed by atoms with Crippen molar-refractivity contribution >= 4 is 31.1 Å². The minimum Gasteiger partial charge on any atom is -0.103 e. The van der Waals surface area contributed by atoms with Crippen LogP contribution in [0.1, 0.15) is 6.42 Å². The average Bonchev–Trinajstić information content (AvgIpc) is 1.86. The Balaban J connectivity index is 2.59. The minimum absolute atomic E-state index is 1.15. The van der Waals surface area contributed by atoms with Crippen LogP contribution >= 0.6 is 20.4 Å². The molecule has 0 N–H and O–H groups in total. The normalized spacial score (nSPS) is 22.3. The van der Waals surface area contributed by atoms with E-state index in [1.807, 2.05) is 0 Å². The molecule has 1 aliphatic heterocycles. The molecule has 0 saturated carbocycles. The van der Waals surface area contributed by atoms with Gasteiger partial charge in [0.25, 0.3) is 0 Å². The van der Waals surface area contributed by atoms with Crippen LogP contribution in [0, 0.1) is 0 Å². The molecule has 32 valence electrons. The molecular weight excluding hydrogens is 111 g/mol. The quantitative estimate of drug-likeness (QED) is 0.341. The van der Waals surface area contributed by atoms with Crippen LogP contribution in [0.5, 0.6) is 0 Å². The van der Waals surface area contributed by atoms with Crippen molar-refractivity contribution in [1.82, 2.24) is 0 Å². The summed E-state index contributed by atoms with van der Waals surface area (Å²) in [4.78, 5) is 1.15. The van der Waals surface area contributed by atoms with Gasteiger partial charge in [-0.25, -0.2) is 0 Å². The van der Waals surface area contributed by atoms with Gasteiger partial charge in [0.15, 0.2) is 0 Å². The lowest BCUT2D eigenvalue weighted by atomic mass is 10.4. The lowest BCUT2D eigenvalue weighted by molar-refractivity contribution is 1.38. The molecule has 0 nitrogen and oxygen atoms in total. The summed E-state index contributed by atoms with van der Waals surface area (Å²) in [5.74, 6) is 2.11. The molecule has 0 aliphatic carbocycles. The zero-order chi connectivity index (χ0) is 4.41. The van der Waals surface area contributed by atoms with Crippen molar-refractivity contribution in [2.75, 3.05) is 6.16 Å². The summed E-state index contributed by atoms with van der Waals surface area (Å²) in [6, 6.07) is 0. The molecule has 1 heterocycles. The second-order valence-corrected chi connectivity index (χ2v) is 2.85. The van der Waals surface area contributed by atoms with Crippen LogP contribution in [0.4, 0.5) is 0 Å². The van der Waals surface area contributed by atoms with Gasteiger partial charge in [-0.15, -0.1) is 8.20 Å². The van der Waals surface area contributed by atoms with E-state index < -0.39 is 0 Å². The number of hydrogen-bond acceptors (Lipinski definition) is 1. The predicted molar refractivity (Wildman–Crippen MR) is 35.1 cm³/mol. The Morgan fingerprint density at radius 2 is 2.67 bits per heavy atom. The van der Waals surface area contributed by atoms with E-state index in [0.29, 0.717) is 0 Å². The third-order valence-electron chi connectivity index (χ3n) is 0.723. The maximum atomic E-state index is 4.86. The monoisotopic (exact) mass is 116 g/mol. The Morgan fingerprint density at radius 1 is 1.83 bits per heavy atom. The summed E-state index contributed by atoms with van der Waals surface area (Å²) in [5, 5.41) is 0. The van der Waals surface area contributed by atoms with E-state index in [-0.39, 0.29) is 0 Å². The Morgan fingerprint density at radius 3 is 2.83 bits per heavy atom. The molecule has 0 aromatic rings. The molecule has 0 saturated heterocycles. The zero-order valence-corrected chi connectivity index (χ0v) is 5.06. The van der Waals surface area contributed by atoms with Crippen LogP contribution in [0.2, 0.25) is 0 Å². The first kappa shape index (κ1) is 4.42. The molecule has 6 heavy (non-hydrogen) atoms. The number of thiocarbonyl (C=S) groups is 1. The Labute approximate surface area is 44.4 Å². The molecule has 0 amide bonds. The highest BCUT2D eigenvalue weighted by Crippen LogP contribution is 2.06. The second-order valence-electron chi connectivity index (χ2n) is 1.25. The fourth-order valence-corrected chi connectivity index (χ4v) is 1.71. The predicted octanol–water partition coefficient (Wildman–Crippen LogP) is 1.51. The van der Waals surface area contributed by atoms with Crippen molar-refractivity contribution in [1.29, 1.82) is 0 Å². The molecule has 1 aliphatic rings. The minimum atomic E-state index is 1.15. The van der Waals surface area contributed by atoms with Gasteiger partial charge in [-0.2, -0.15) is 0 Å². The Hall–Kier alpha value is 0.260. The molecule has 0 atom stereocenters. The lowest BCUT2D eigenvalue weighted by Gasteiger charge is -1.74. The SMILES string of the molecule is S=C1C=PCC1.